The molecule has 172 valence electrons. The van der Waals surface area contributed by atoms with Crippen molar-refractivity contribution in [2.45, 2.75) is 23.3 Å². The molecule has 0 atom stereocenters. The van der Waals surface area contributed by atoms with Crippen LogP contribution < -0.4 is 5.84 Å². The van der Waals surface area contributed by atoms with Crippen LogP contribution >= 0.6 is 11.8 Å². The van der Waals surface area contributed by atoms with Gasteiger partial charge in [0.1, 0.15) is 23.6 Å². The Morgan fingerprint density at radius 2 is 1.85 bits per heavy atom. The van der Waals surface area contributed by atoms with E-state index >= 15 is 0 Å². The van der Waals surface area contributed by atoms with Gasteiger partial charge in [0.05, 0.1) is 17.9 Å². The van der Waals surface area contributed by atoms with Gasteiger partial charge in [-0.05, 0) is 49.4 Å². The molecule has 0 saturated heterocycles. The molecule has 5 rings (SSSR count). The van der Waals surface area contributed by atoms with Crippen LogP contribution in [-0.4, -0.2) is 24.1 Å². The number of halogens is 1. The number of nitrogens with zero attached hydrogens (tertiary/aromatic N) is 2. The summed E-state index contributed by atoms with van der Waals surface area (Å²) in [7, 11) is 1.80. The highest BCUT2D eigenvalue weighted by molar-refractivity contribution is 7.99. The van der Waals surface area contributed by atoms with E-state index in [-0.39, 0.29) is 5.82 Å². The van der Waals surface area contributed by atoms with Gasteiger partial charge in [-0.3, -0.25) is 10.6 Å². The van der Waals surface area contributed by atoms with E-state index in [0.717, 1.165) is 38.8 Å². The second-order valence-electron chi connectivity index (χ2n) is 7.84. The SMILES string of the molecule is Cc1ccc(CN(C)N)o1.O=Cc1ccc2c(c1)N=C(c1cccc(F)c1)c1ccccc1S2. The summed E-state index contributed by atoms with van der Waals surface area (Å²) >= 11 is 1.60. The van der Waals surface area contributed by atoms with Crippen LogP contribution in [0.15, 0.2) is 98.1 Å². The first kappa shape index (κ1) is 23.6. The number of hydrazine groups is 1. The van der Waals surface area contributed by atoms with E-state index in [9.17, 15) is 9.18 Å². The maximum Gasteiger partial charge on any atom is 0.150 e. The summed E-state index contributed by atoms with van der Waals surface area (Å²) in [6.45, 7) is 2.58. The first-order valence-electron chi connectivity index (χ1n) is 10.6. The van der Waals surface area contributed by atoms with Crippen LogP contribution in [-0.2, 0) is 6.54 Å². The molecule has 1 aromatic heterocycles. The Morgan fingerprint density at radius 3 is 2.56 bits per heavy atom. The lowest BCUT2D eigenvalue weighted by molar-refractivity contribution is 0.112. The fraction of sp³-hybridized carbons (Fsp3) is 0.111. The van der Waals surface area contributed by atoms with E-state index in [1.54, 1.807) is 42.0 Å². The predicted octanol–water partition coefficient (Wildman–Crippen LogP) is 6.17. The summed E-state index contributed by atoms with van der Waals surface area (Å²) in [5, 5.41) is 1.58. The summed E-state index contributed by atoms with van der Waals surface area (Å²) in [5.41, 5.74) is 3.67. The average Bonchev–Trinajstić information content (AvgIpc) is 3.14. The Hall–Kier alpha value is -3.52. The number of aryl methyl sites for hydroxylation is 1. The van der Waals surface area contributed by atoms with Crippen molar-refractivity contribution in [2.24, 2.45) is 10.8 Å². The average molecular weight is 474 g/mol. The zero-order chi connectivity index (χ0) is 24.1. The van der Waals surface area contributed by atoms with Crippen molar-refractivity contribution >= 4 is 29.4 Å². The lowest BCUT2D eigenvalue weighted by atomic mass is 10.0. The fourth-order valence-electron chi connectivity index (χ4n) is 3.50. The van der Waals surface area contributed by atoms with Crippen LogP contribution in [0, 0.1) is 12.7 Å². The van der Waals surface area contributed by atoms with E-state index in [2.05, 4.69) is 0 Å². The zero-order valence-corrected chi connectivity index (χ0v) is 19.7. The quantitative estimate of drug-likeness (QED) is 0.192. The highest BCUT2D eigenvalue weighted by Crippen LogP contribution is 2.41. The van der Waals surface area contributed by atoms with Gasteiger partial charge in [0.2, 0.25) is 0 Å². The molecule has 0 radical (unpaired) electrons. The van der Waals surface area contributed by atoms with Crippen molar-refractivity contribution in [2.75, 3.05) is 7.05 Å². The Morgan fingerprint density at radius 1 is 1.03 bits per heavy atom. The number of furan rings is 1. The van der Waals surface area contributed by atoms with Crippen LogP contribution in [0.5, 0.6) is 0 Å². The van der Waals surface area contributed by atoms with Crippen LogP contribution in [0.2, 0.25) is 0 Å². The Kier molecular flexibility index (Phi) is 7.37. The van der Waals surface area contributed by atoms with Crippen molar-refractivity contribution in [3.63, 3.8) is 0 Å². The summed E-state index contributed by atoms with van der Waals surface area (Å²) in [6.07, 6.45) is 0.806. The predicted molar refractivity (Wildman–Crippen MR) is 133 cm³/mol. The van der Waals surface area contributed by atoms with Crippen LogP contribution in [0.4, 0.5) is 10.1 Å². The molecule has 34 heavy (non-hydrogen) atoms. The number of fused-ring (bicyclic) bond motifs is 2. The molecule has 1 aliphatic heterocycles. The number of aldehydes is 1. The monoisotopic (exact) mass is 473 g/mol. The standard InChI is InChI=1S/C20H12FNOS.C7H12N2O/c21-15-5-3-4-14(11-15)20-16-6-1-2-7-18(16)24-19-9-8-13(12-23)10-17(19)22-20;1-6-3-4-7(10-6)5-9(2)8/h1-12H;3-4H,5,8H2,1-2H3. The lowest BCUT2D eigenvalue weighted by Crippen LogP contribution is -2.24. The molecule has 2 heterocycles. The smallest absolute Gasteiger partial charge is 0.150 e. The second kappa shape index (κ2) is 10.6. The number of carbonyl (C=O) groups is 1. The number of benzene rings is 3. The first-order chi connectivity index (χ1) is 16.4. The molecule has 4 aromatic rings. The molecule has 5 nitrogen and oxygen atoms in total. The first-order valence-corrected chi connectivity index (χ1v) is 11.5. The fourth-order valence-corrected chi connectivity index (χ4v) is 4.51. The molecule has 0 fully saturated rings. The minimum atomic E-state index is -0.300. The van der Waals surface area contributed by atoms with Crippen LogP contribution in [0.1, 0.15) is 33.0 Å². The Labute approximate surface area is 202 Å². The molecule has 0 unspecified atom stereocenters. The minimum Gasteiger partial charge on any atom is -0.465 e. The van der Waals surface area contributed by atoms with Gasteiger partial charge in [0.25, 0.3) is 0 Å². The second-order valence-corrected chi connectivity index (χ2v) is 8.93. The Bertz CT molecular complexity index is 1350. The van der Waals surface area contributed by atoms with Gasteiger partial charge in [-0.15, -0.1) is 0 Å². The lowest BCUT2D eigenvalue weighted by Gasteiger charge is -2.09. The van der Waals surface area contributed by atoms with Gasteiger partial charge >= 0.3 is 0 Å². The number of carbonyl (C=O) groups excluding carboxylic acids is 1. The van der Waals surface area contributed by atoms with Gasteiger partial charge in [0, 0.05) is 33.5 Å². The summed E-state index contributed by atoms with van der Waals surface area (Å²) in [6, 6.07) is 23.7. The van der Waals surface area contributed by atoms with Crippen LogP contribution in [0.3, 0.4) is 0 Å². The number of nitrogens with two attached hydrogens (primary N) is 1. The van der Waals surface area contributed by atoms with E-state index < -0.39 is 0 Å². The molecule has 0 spiro atoms. The number of hydrogen-bond acceptors (Lipinski definition) is 6. The molecule has 0 aliphatic carbocycles. The molecule has 0 bridgehead atoms. The molecule has 2 N–H and O–H groups in total. The van der Waals surface area contributed by atoms with Crippen LogP contribution in [0.25, 0.3) is 0 Å². The molecular formula is C27H24FN3O2S. The zero-order valence-electron chi connectivity index (χ0n) is 18.9. The van der Waals surface area contributed by atoms with Gasteiger partial charge in [-0.1, -0.05) is 48.2 Å². The number of hydrogen-bond donors (Lipinski definition) is 1. The molecule has 7 heteroatoms. The minimum absolute atomic E-state index is 0.300. The van der Waals surface area contributed by atoms with Gasteiger partial charge in [0.15, 0.2) is 0 Å². The van der Waals surface area contributed by atoms with Crippen molar-refractivity contribution in [3.8, 4) is 0 Å². The number of rotatable bonds is 4. The number of aliphatic imine (C=N–C) groups is 1. The third-order valence-electron chi connectivity index (χ3n) is 5.01. The molecular weight excluding hydrogens is 449 g/mol. The Balaban J connectivity index is 0.000000231. The van der Waals surface area contributed by atoms with E-state index in [4.69, 9.17) is 15.3 Å². The van der Waals surface area contributed by atoms with Gasteiger partial charge in [-0.25, -0.2) is 14.4 Å². The molecule has 0 amide bonds. The summed E-state index contributed by atoms with van der Waals surface area (Å²) in [5.74, 6) is 6.94. The van der Waals surface area contributed by atoms with Crippen molar-refractivity contribution in [3.05, 3.63) is 113 Å². The topological polar surface area (TPSA) is 71.8 Å². The maximum absolute atomic E-state index is 13.7. The van der Waals surface area contributed by atoms with Crippen molar-refractivity contribution in [1.29, 1.82) is 0 Å². The molecule has 3 aromatic carbocycles. The molecule has 1 aliphatic rings. The van der Waals surface area contributed by atoms with E-state index in [1.165, 1.54) is 12.1 Å². The maximum atomic E-state index is 13.7. The van der Waals surface area contributed by atoms with E-state index in [1.807, 2.05) is 55.5 Å². The van der Waals surface area contributed by atoms with Crippen molar-refractivity contribution < 1.29 is 13.6 Å². The highest BCUT2D eigenvalue weighted by atomic mass is 32.2. The summed E-state index contributed by atoms with van der Waals surface area (Å²) in [4.78, 5) is 17.9. The third-order valence-corrected chi connectivity index (χ3v) is 6.15. The highest BCUT2D eigenvalue weighted by Gasteiger charge is 2.19. The van der Waals surface area contributed by atoms with E-state index in [0.29, 0.717) is 23.4 Å². The largest absolute Gasteiger partial charge is 0.465 e. The van der Waals surface area contributed by atoms with Gasteiger partial charge < -0.3 is 4.42 Å². The summed E-state index contributed by atoms with van der Waals surface area (Å²) < 4.78 is 19.0. The van der Waals surface area contributed by atoms with Crippen molar-refractivity contribution in [1.82, 2.24) is 5.01 Å². The molecule has 0 saturated carbocycles. The third kappa shape index (κ3) is 5.69. The normalized spacial score (nSPS) is 12.1. The van der Waals surface area contributed by atoms with Gasteiger partial charge in [-0.2, -0.15) is 0 Å².